The summed E-state index contributed by atoms with van der Waals surface area (Å²) in [5.74, 6) is 0. The van der Waals surface area contributed by atoms with Gasteiger partial charge in [0.1, 0.15) is 0 Å². The number of hydrogen-bond acceptors (Lipinski definition) is 4. The molecular formula is C9H22N2O2. The predicted octanol–water partition coefficient (Wildman–Crippen LogP) is -0.337. The smallest absolute Gasteiger partial charge is 0.0823 e. The minimum Gasteiger partial charge on any atom is -0.392 e. The molecule has 0 amide bonds. The van der Waals surface area contributed by atoms with E-state index in [0.29, 0.717) is 19.7 Å². The van der Waals surface area contributed by atoms with E-state index in [9.17, 15) is 0 Å². The molecule has 0 radical (unpaired) electrons. The van der Waals surface area contributed by atoms with E-state index < -0.39 is 0 Å². The molecule has 4 nitrogen and oxygen atoms in total. The Balaban J connectivity index is 3.65. The van der Waals surface area contributed by atoms with Crippen LogP contribution in [-0.4, -0.2) is 55.5 Å². The molecule has 0 saturated heterocycles. The van der Waals surface area contributed by atoms with E-state index in [0.717, 1.165) is 6.54 Å². The fourth-order valence-electron chi connectivity index (χ4n) is 1.30. The van der Waals surface area contributed by atoms with Gasteiger partial charge in [-0.15, -0.1) is 0 Å². The number of nitrogens with zero attached hydrogens (tertiary/aromatic N) is 1. The summed E-state index contributed by atoms with van der Waals surface area (Å²) in [6.07, 6.45) is -0.223. The lowest BCUT2D eigenvalue weighted by Gasteiger charge is -2.23. The van der Waals surface area contributed by atoms with Crippen molar-refractivity contribution in [2.75, 3.05) is 33.3 Å². The number of likely N-dealkylation sites (N-methyl/N-ethyl adjacent to an activating group) is 1. The number of nitrogens with two attached hydrogens (primary N) is 1. The third kappa shape index (κ3) is 6.95. The Labute approximate surface area is 80.7 Å². The van der Waals surface area contributed by atoms with Gasteiger partial charge in [0.15, 0.2) is 0 Å². The van der Waals surface area contributed by atoms with E-state index in [1.54, 1.807) is 6.92 Å². The highest BCUT2D eigenvalue weighted by Gasteiger charge is 2.10. The summed E-state index contributed by atoms with van der Waals surface area (Å²) in [4.78, 5) is 2.03. The molecule has 80 valence electrons. The standard InChI is InChI=1S/C9H22N2O2/c1-4-13-9(5-10)7-11(3)6-8(2)12/h8-9,12H,4-7,10H2,1-3H3. The van der Waals surface area contributed by atoms with Crippen molar-refractivity contribution in [3.05, 3.63) is 0 Å². The topological polar surface area (TPSA) is 58.7 Å². The Morgan fingerprint density at radius 2 is 2.08 bits per heavy atom. The molecule has 0 rings (SSSR count). The quantitative estimate of drug-likeness (QED) is 0.577. The molecule has 4 heteroatoms. The molecule has 13 heavy (non-hydrogen) atoms. The number of aliphatic hydroxyl groups is 1. The fraction of sp³-hybridized carbons (Fsp3) is 1.00. The van der Waals surface area contributed by atoms with Gasteiger partial charge >= 0.3 is 0 Å². The van der Waals surface area contributed by atoms with Crippen molar-refractivity contribution in [1.82, 2.24) is 4.90 Å². The Morgan fingerprint density at radius 1 is 1.46 bits per heavy atom. The van der Waals surface area contributed by atoms with E-state index in [2.05, 4.69) is 0 Å². The van der Waals surface area contributed by atoms with Crippen LogP contribution >= 0.6 is 0 Å². The van der Waals surface area contributed by atoms with Gasteiger partial charge in [-0.25, -0.2) is 0 Å². The van der Waals surface area contributed by atoms with E-state index in [4.69, 9.17) is 15.6 Å². The van der Waals surface area contributed by atoms with Crippen molar-refractivity contribution < 1.29 is 9.84 Å². The summed E-state index contributed by atoms with van der Waals surface area (Å²) in [5.41, 5.74) is 5.52. The Bertz CT molecular complexity index is 120. The second-order valence-electron chi connectivity index (χ2n) is 3.38. The first kappa shape index (κ1) is 12.8. The molecular weight excluding hydrogens is 168 g/mol. The van der Waals surface area contributed by atoms with Crippen LogP contribution in [0.2, 0.25) is 0 Å². The van der Waals surface area contributed by atoms with Crippen LogP contribution in [0.25, 0.3) is 0 Å². The lowest BCUT2D eigenvalue weighted by molar-refractivity contribution is 0.0351. The van der Waals surface area contributed by atoms with Gasteiger partial charge in [-0.05, 0) is 20.9 Å². The van der Waals surface area contributed by atoms with Gasteiger partial charge in [-0.1, -0.05) is 0 Å². The summed E-state index contributed by atoms with van der Waals surface area (Å²) >= 11 is 0. The Hall–Kier alpha value is -0.160. The first-order valence-electron chi connectivity index (χ1n) is 4.78. The molecule has 0 aliphatic carbocycles. The van der Waals surface area contributed by atoms with Gasteiger partial charge in [0.05, 0.1) is 12.2 Å². The molecule has 0 heterocycles. The van der Waals surface area contributed by atoms with Crippen molar-refractivity contribution in [1.29, 1.82) is 0 Å². The van der Waals surface area contributed by atoms with Crippen LogP contribution in [0.4, 0.5) is 0 Å². The molecule has 0 saturated carbocycles. The molecule has 2 atom stereocenters. The van der Waals surface area contributed by atoms with Crippen molar-refractivity contribution >= 4 is 0 Å². The van der Waals surface area contributed by atoms with Crippen molar-refractivity contribution in [2.24, 2.45) is 5.73 Å². The van der Waals surface area contributed by atoms with Crippen molar-refractivity contribution in [2.45, 2.75) is 26.1 Å². The van der Waals surface area contributed by atoms with Gasteiger partial charge < -0.3 is 20.5 Å². The normalized spacial score (nSPS) is 16.2. The maximum Gasteiger partial charge on any atom is 0.0823 e. The van der Waals surface area contributed by atoms with Crippen molar-refractivity contribution in [3.8, 4) is 0 Å². The zero-order valence-electron chi connectivity index (χ0n) is 8.86. The fourth-order valence-corrected chi connectivity index (χ4v) is 1.30. The van der Waals surface area contributed by atoms with E-state index >= 15 is 0 Å². The minimum atomic E-state index is -0.301. The van der Waals surface area contributed by atoms with Crippen LogP contribution < -0.4 is 5.73 Å². The van der Waals surface area contributed by atoms with Gasteiger partial charge in [0.25, 0.3) is 0 Å². The lowest BCUT2D eigenvalue weighted by Crippen LogP contribution is -2.39. The Kier molecular flexibility index (Phi) is 7.17. The molecule has 0 bridgehead atoms. The largest absolute Gasteiger partial charge is 0.392 e. The molecule has 0 fully saturated rings. The van der Waals surface area contributed by atoms with Crippen LogP contribution in [-0.2, 0) is 4.74 Å². The SMILES string of the molecule is CCOC(CN)CN(C)CC(C)O. The minimum absolute atomic E-state index is 0.0775. The van der Waals surface area contributed by atoms with E-state index in [-0.39, 0.29) is 12.2 Å². The molecule has 0 aliphatic heterocycles. The zero-order chi connectivity index (χ0) is 10.3. The molecule has 2 unspecified atom stereocenters. The van der Waals surface area contributed by atoms with Gasteiger partial charge in [-0.2, -0.15) is 0 Å². The second kappa shape index (κ2) is 7.26. The molecule has 0 aromatic heterocycles. The number of rotatable bonds is 7. The zero-order valence-corrected chi connectivity index (χ0v) is 8.86. The highest BCUT2D eigenvalue weighted by atomic mass is 16.5. The summed E-state index contributed by atoms with van der Waals surface area (Å²) < 4.78 is 5.40. The van der Waals surface area contributed by atoms with Gasteiger partial charge in [0, 0.05) is 26.2 Å². The highest BCUT2D eigenvalue weighted by molar-refractivity contribution is 4.65. The van der Waals surface area contributed by atoms with Crippen LogP contribution in [0, 0.1) is 0 Å². The molecule has 0 aliphatic rings. The molecule has 0 spiro atoms. The predicted molar refractivity (Wildman–Crippen MR) is 53.6 cm³/mol. The maximum absolute atomic E-state index is 9.12. The second-order valence-corrected chi connectivity index (χ2v) is 3.38. The molecule has 3 N–H and O–H groups in total. The average Bonchev–Trinajstić information content (AvgIpc) is 2.02. The number of hydrogen-bond donors (Lipinski definition) is 2. The van der Waals surface area contributed by atoms with E-state index in [1.807, 2.05) is 18.9 Å². The van der Waals surface area contributed by atoms with Crippen molar-refractivity contribution in [3.63, 3.8) is 0 Å². The van der Waals surface area contributed by atoms with Gasteiger partial charge in [0.2, 0.25) is 0 Å². The highest BCUT2D eigenvalue weighted by Crippen LogP contribution is 1.95. The number of aliphatic hydroxyl groups excluding tert-OH is 1. The van der Waals surface area contributed by atoms with Crippen LogP contribution in [0.5, 0.6) is 0 Å². The van der Waals surface area contributed by atoms with Crippen LogP contribution in [0.3, 0.4) is 0 Å². The molecule has 0 aromatic rings. The third-order valence-electron chi connectivity index (χ3n) is 1.76. The molecule has 0 aromatic carbocycles. The third-order valence-corrected chi connectivity index (χ3v) is 1.76. The first-order chi connectivity index (χ1) is 6.10. The first-order valence-corrected chi connectivity index (χ1v) is 4.78. The summed E-state index contributed by atoms with van der Waals surface area (Å²) in [7, 11) is 1.95. The number of ether oxygens (including phenoxy) is 1. The Morgan fingerprint density at radius 3 is 2.46 bits per heavy atom. The summed E-state index contributed by atoms with van der Waals surface area (Å²) in [6.45, 7) is 6.37. The summed E-state index contributed by atoms with van der Waals surface area (Å²) in [6, 6.07) is 0. The average molecular weight is 190 g/mol. The van der Waals surface area contributed by atoms with Crippen LogP contribution in [0.1, 0.15) is 13.8 Å². The van der Waals surface area contributed by atoms with Crippen LogP contribution in [0.15, 0.2) is 0 Å². The van der Waals surface area contributed by atoms with E-state index in [1.165, 1.54) is 0 Å². The maximum atomic E-state index is 9.12. The summed E-state index contributed by atoms with van der Waals surface area (Å²) in [5, 5.41) is 9.12. The lowest BCUT2D eigenvalue weighted by atomic mass is 10.3. The monoisotopic (exact) mass is 190 g/mol. The van der Waals surface area contributed by atoms with Gasteiger partial charge in [-0.3, -0.25) is 0 Å².